The molecule has 0 bridgehead atoms. The Kier molecular flexibility index (Phi) is 12.4. The molecule has 2 aliphatic carbocycles. The normalized spacial score (nSPS) is 22.0. The van der Waals surface area contributed by atoms with Crippen LogP contribution in [0.25, 0.3) is 22.3 Å². The molecule has 0 unspecified atom stereocenters. The van der Waals surface area contributed by atoms with Gasteiger partial charge in [-0.1, -0.05) is 106 Å². The number of rotatable bonds is 14. The molecular formula is C42H53F3. The van der Waals surface area contributed by atoms with E-state index in [4.69, 9.17) is 0 Å². The maximum absolute atomic E-state index is 15.4. The van der Waals surface area contributed by atoms with Crippen molar-refractivity contribution in [3.8, 4) is 22.3 Å². The molecule has 0 aromatic heterocycles. The molecule has 45 heavy (non-hydrogen) atoms. The van der Waals surface area contributed by atoms with E-state index >= 15 is 8.78 Å². The minimum atomic E-state index is -0.783. The van der Waals surface area contributed by atoms with E-state index in [9.17, 15) is 4.39 Å². The largest absolute Gasteiger partial charge is 0.207 e. The summed E-state index contributed by atoms with van der Waals surface area (Å²) in [7, 11) is 0. The van der Waals surface area contributed by atoms with Gasteiger partial charge in [-0.15, -0.1) is 6.58 Å². The Hall–Kier alpha value is -2.81. The molecule has 0 N–H and O–H groups in total. The SMILES string of the molecule is C=CC1CCC(C2CCC(c3ccc(-c4ccc(-c5ccc(CCCCCCCCCC)c(F)c5F)cc4)cc3F)CC2)CC1. The van der Waals surface area contributed by atoms with Gasteiger partial charge in [-0.2, -0.15) is 0 Å². The Morgan fingerprint density at radius 2 is 1.20 bits per heavy atom. The Morgan fingerprint density at radius 3 is 1.82 bits per heavy atom. The van der Waals surface area contributed by atoms with Crippen LogP contribution in [0.1, 0.15) is 127 Å². The first kappa shape index (κ1) is 33.6. The first-order valence-electron chi connectivity index (χ1n) is 18.0. The van der Waals surface area contributed by atoms with Crippen molar-refractivity contribution in [2.24, 2.45) is 17.8 Å². The highest BCUT2D eigenvalue weighted by molar-refractivity contribution is 5.71. The maximum Gasteiger partial charge on any atom is 0.166 e. The van der Waals surface area contributed by atoms with Crippen molar-refractivity contribution in [1.29, 1.82) is 0 Å². The molecule has 0 radical (unpaired) electrons. The van der Waals surface area contributed by atoms with E-state index in [2.05, 4.69) is 19.6 Å². The molecule has 3 heteroatoms. The van der Waals surface area contributed by atoms with Gasteiger partial charge in [0.1, 0.15) is 5.82 Å². The fourth-order valence-electron chi connectivity index (χ4n) is 8.09. The van der Waals surface area contributed by atoms with Crippen LogP contribution >= 0.6 is 0 Å². The number of aryl methyl sites for hydroxylation is 1. The Bertz CT molecular complexity index is 1360. The van der Waals surface area contributed by atoms with Gasteiger partial charge >= 0.3 is 0 Å². The number of hydrogen-bond acceptors (Lipinski definition) is 0. The molecular weight excluding hydrogens is 561 g/mol. The van der Waals surface area contributed by atoms with Crippen molar-refractivity contribution < 1.29 is 13.2 Å². The Labute approximate surface area is 270 Å². The third-order valence-corrected chi connectivity index (χ3v) is 11.0. The van der Waals surface area contributed by atoms with Gasteiger partial charge in [0.2, 0.25) is 0 Å². The molecule has 0 amide bonds. The van der Waals surface area contributed by atoms with E-state index in [1.54, 1.807) is 30.3 Å². The van der Waals surface area contributed by atoms with Crippen molar-refractivity contribution in [2.75, 3.05) is 0 Å². The molecule has 2 saturated carbocycles. The first-order chi connectivity index (χ1) is 22.0. The maximum atomic E-state index is 15.4. The standard InChI is InChI=1S/C42H53F3/c1-3-5-6-7-8-9-10-11-12-36-25-28-39(42(45)41(36)44)35-23-19-33(20-24-35)37-26-27-38(40(43)29-37)34-21-17-32(18-22-34)31-15-13-30(4-2)14-16-31/h4,19-20,23-32,34H,2-3,5-18,21-22H2,1H3. The van der Waals surface area contributed by atoms with Gasteiger partial charge in [0, 0.05) is 5.56 Å². The van der Waals surface area contributed by atoms with Gasteiger partial charge < -0.3 is 0 Å². The molecule has 0 nitrogen and oxygen atoms in total. The van der Waals surface area contributed by atoms with E-state index in [1.807, 2.05) is 24.3 Å². The molecule has 0 saturated heterocycles. The summed E-state index contributed by atoms with van der Waals surface area (Å²) in [5, 5.41) is 0. The van der Waals surface area contributed by atoms with Crippen LogP contribution < -0.4 is 0 Å². The van der Waals surface area contributed by atoms with Gasteiger partial charge in [-0.05, 0) is 122 Å². The number of unbranched alkanes of at least 4 members (excludes halogenated alkanes) is 7. The summed E-state index contributed by atoms with van der Waals surface area (Å²) in [6.45, 7) is 6.20. The molecule has 3 aromatic carbocycles. The van der Waals surface area contributed by atoms with Crippen LogP contribution in [0.15, 0.2) is 67.3 Å². The second-order valence-electron chi connectivity index (χ2n) is 14.0. The molecule has 0 heterocycles. The second-order valence-corrected chi connectivity index (χ2v) is 14.0. The minimum Gasteiger partial charge on any atom is -0.207 e. The van der Waals surface area contributed by atoms with Gasteiger partial charge in [0.25, 0.3) is 0 Å². The summed E-state index contributed by atoms with van der Waals surface area (Å²) in [5.41, 5.74) is 3.87. The highest BCUT2D eigenvalue weighted by atomic mass is 19.2. The molecule has 2 aliphatic rings. The Morgan fingerprint density at radius 1 is 0.622 bits per heavy atom. The van der Waals surface area contributed by atoms with Crippen LogP contribution in [-0.2, 0) is 6.42 Å². The van der Waals surface area contributed by atoms with E-state index in [0.29, 0.717) is 29.4 Å². The van der Waals surface area contributed by atoms with Gasteiger partial charge in [-0.25, -0.2) is 13.2 Å². The topological polar surface area (TPSA) is 0 Å². The zero-order valence-corrected chi connectivity index (χ0v) is 27.4. The van der Waals surface area contributed by atoms with Crippen molar-refractivity contribution in [1.82, 2.24) is 0 Å². The average Bonchev–Trinajstić information content (AvgIpc) is 3.08. The molecule has 242 valence electrons. The van der Waals surface area contributed by atoms with Crippen molar-refractivity contribution >= 4 is 0 Å². The fraction of sp³-hybridized carbons (Fsp3) is 0.524. The van der Waals surface area contributed by atoms with E-state index in [0.717, 1.165) is 60.6 Å². The predicted molar refractivity (Wildman–Crippen MR) is 184 cm³/mol. The van der Waals surface area contributed by atoms with Crippen molar-refractivity contribution in [3.63, 3.8) is 0 Å². The number of allylic oxidation sites excluding steroid dienone is 1. The average molecular weight is 615 g/mol. The third kappa shape index (κ3) is 8.72. The molecule has 5 rings (SSSR count). The number of hydrogen-bond donors (Lipinski definition) is 0. The second kappa shape index (κ2) is 16.7. The molecule has 0 aliphatic heterocycles. The third-order valence-electron chi connectivity index (χ3n) is 11.0. The lowest BCUT2D eigenvalue weighted by molar-refractivity contribution is 0.171. The molecule has 3 aromatic rings. The zero-order chi connectivity index (χ0) is 31.6. The minimum absolute atomic E-state index is 0.133. The Balaban J connectivity index is 1.14. The lowest BCUT2D eigenvalue weighted by atomic mass is 9.68. The predicted octanol–water partition coefficient (Wildman–Crippen LogP) is 13.4. The van der Waals surface area contributed by atoms with Gasteiger partial charge in [0.15, 0.2) is 11.6 Å². The van der Waals surface area contributed by atoms with Crippen LogP contribution in [0.2, 0.25) is 0 Å². The van der Waals surface area contributed by atoms with E-state index < -0.39 is 11.6 Å². The van der Waals surface area contributed by atoms with Crippen LogP contribution in [0.4, 0.5) is 13.2 Å². The summed E-state index contributed by atoms with van der Waals surface area (Å²) in [5.74, 6) is 0.967. The lowest BCUT2D eigenvalue weighted by Crippen LogP contribution is -2.25. The summed E-state index contributed by atoms with van der Waals surface area (Å²) in [6, 6.07) is 16.4. The smallest absolute Gasteiger partial charge is 0.166 e. The van der Waals surface area contributed by atoms with Crippen LogP contribution in [-0.4, -0.2) is 0 Å². The highest BCUT2D eigenvalue weighted by Gasteiger charge is 2.31. The van der Waals surface area contributed by atoms with E-state index in [1.165, 1.54) is 70.6 Å². The fourth-order valence-corrected chi connectivity index (χ4v) is 8.09. The zero-order valence-electron chi connectivity index (χ0n) is 27.4. The highest BCUT2D eigenvalue weighted by Crippen LogP contribution is 2.44. The number of benzene rings is 3. The molecule has 0 atom stereocenters. The van der Waals surface area contributed by atoms with Crippen LogP contribution in [0.3, 0.4) is 0 Å². The summed E-state index contributed by atoms with van der Waals surface area (Å²) >= 11 is 0. The van der Waals surface area contributed by atoms with Crippen molar-refractivity contribution in [2.45, 2.75) is 122 Å². The molecule has 0 spiro atoms. The summed E-state index contributed by atoms with van der Waals surface area (Å²) < 4.78 is 45.5. The van der Waals surface area contributed by atoms with E-state index in [-0.39, 0.29) is 11.4 Å². The first-order valence-corrected chi connectivity index (χ1v) is 18.0. The quantitative estimate of drug-likeness (QED) is 0.125. The summed E-state index contributed by atoms with van der Waals surface area (Å²) in [4.78, 5) is 0. The van der Waals surface area contributed by atoms with Crippen LogP contribution in [0, 0.1) is 35.2 Å². The molecule has 2 fully saturated rings. The van der Waals surface area contributed by atoms with Gasteiger partial charge in [-0.3, -0.25) is 0 Å². The monoisotopic (exact) mass is 614 g/mol. The van der Waals surface area contributed by atoms with Crippen molar-refractivity contribution in [3.05, 3.63) is 95.8 Å². The lowest BCUT2D eigenvalue weighted by Gasteiger charge is -2.37. The van der Waals surface area contributed by atoms with Crippen LogP contribution in [0.5, 0.6) is 0 Å². The van der Waals surface area contributed by atoms with Gasteiger partial charge in [0.05, 0.1) is 0 Å². The number of halogens is 3. The summed E-state index contributed by atoms with van der Waals surface area (Å²) in [6.07, 6.45) is 21.9.